The van der Waals surface area contributed by atoms with Crippen molar-refractivity contribution in [1.29, 1.82) is 0 Å². The quantitative estimate of drug-likeness (QED) is 0.336. The van der Waals surface area contributed by atoms with Gasteiger partial charge in [0.05, 0.1) is 12.7 Å². The van der Waals surface area contributed by atoms with Gasteiger partial charge in [-0.15, -0.1) is 0 Å². The summed E-state index contributed by atoms with van der Waals surface area (Å²) in [6, 6.07) is 15.7. The highest BCUT2D eigenvalue weighted by Gasteiger charge is 2.15. The summed E-state index contributed by atoms with van der Waals surface area (Å²) in [5.74, 6) is 0.0334. The first kappa shape index (κ1) is 24.4. The number of pyridine rings is 1. The molecule has 2 aromatic carbocycles. The van der Waals surface area contributed by atoms with Crippen molar-refractivity contribution in [3.8, 4) is 11.6 Å². The van der Waals surface area contributed by atoms with Gasteiger partial charge in [0, 0.05) is 16.8 Å². The highest BCUT2D eigenvalue weighted by Crippen LogP contribution is 2.23. The molecule has 0 saturated heterocycles. The van der Waals surface area contributed by atoms with Crippen molar-refractivity contribution in [2.24, 2.45) is 0 Å². The average molecular weight is 514 g/mol. The van der Waals surface area contributed by atoms with Crippen molar-refractivity contribution in [3.63, 3.8) is 0 Å². The predicted octanol–water partition coefficient (Wildman–Crippen LogP) is 3.83. The minimum atomic E-state index is -1.65. The molecule has 0 atom stereocenters. The number of carbonyl (C=O) groups is 1. The summed E-state index contributed by atoms with van der Waals surface area (Å²) < 4.78 is 24.7. The van der Waals surface area contributed by atoms with E-state index in [1.165, 1.54) is 12.1 Å². The van der Waals surface area contributed by atoms with E-state index >= 15 is 0 Å². The van der Waals surface area contributed by atoms with Gasteiger partial charge in [0.1, 0.15) is 11.6 Å². The average Bonchev–Trinajstić information content (AvgIpc) is 2.85. The first-order valence-corrected chi connectivity index (χ1v) is 10.6. The molecule has 0 unspecified atom stereocenters. The number of rotatable bonds is 8. The summed E-state index contributed by atoms with van der Waals surface area (Å²) in [6.45, 7) is -0.819. The predicted molar refractivity (Wildman–Crippen MR) is 126 cm³/mol. The van der Waals surface area contributed by atoms with E-state index in [1.807, 2.05) is 0 Å². The van der Waals surface area contributed by atoms with E-state index < -0.39 is 30.1 Å². The molecule has 2 N–H and O–H groups in total. The van der Waals surface area contributed by atoms with Crippen LogP contribution in [0.4, 0.5) is 20.8 Å². The largest absolute Gasteiger partial charge is 0.507 e. The van der Waals surface area contributed by atoms with Crippen LogP contribution in [0, 0.1) is 5.82 Å². The number of nitrogens with zero attached hydrogens (tertiary/aromatic N) is 4. The van der Waals surface area contributed by atoms with Gasteiger partial charge in [-0.25, -0.2) is 28.3 Å². The molecule has 4 rings (SSSR count). The summed E-state index contributed by atoms with van der Waals surface area (Å²) in [7, 11) is 0. The molecule has 0 aliphatic heterocycles. The number of ether oxygens (including phenoxy) is 2. The van der Waals surface area contributed by atoms with Crippen molar-refractivity contribution in [2.75, 3.05) is 5.32 Å². The Bertz CT molecular complexity index is 1490. The third-order valence-electron chi connectivity index (χ3n) is 4.75. The maximum Gasteiger partial charge on any atom is 0.507 e. The summed E-state index contributed by atoms with van der Waals surface area (Å²) in [5.41, 5.74) is -0.703. The maximum absolute atomic E-state index is 13.1. The van der Waals surface area contributed by atoms with E-state index in [9.17, 15) is 18.8 Å². The van der Waals surface area contributed by atoms with Crippen molar-refractivity contribution in [2.45, 2.75) is 13.3 Å². The Balaban J connectivity index is 1.63. The van der Waals surface area contributed by atoms with Crippen LogP contribution in [0.1, 0.15) is 5.56 Å². The van der Waals surface area contributed by atoms with Crippen molar-refractivity contribution in [3.05, 3.63) is 104 Å². The fourth-order valence-corrected chi connectivity index (χ4v) is 3.17. The second-order valence-corrected chi connectivity index (χ2v) is 7.68. The molecule has 0 fully saturated rings. The number of hydrogen-bond acceptors (Lipinski definition) is 8. The number of carboxylic acid groups (broad SMARTS) is 1. The van der Waals surface area contributed by atoms with E-state index in [1.54, 1.807) is 48.5 Å². The van der Waals surface area contributed by atoms with Gasteiger partial charge in [0.15, 0.2) is 6.73 Å². The Morgan fingerprint density at radius 2 is 1.75 bits per heavy atom. The molecular formula is C23H17ClFN5O6. The van der Waals surface area contributed by atoms with Gasteiger partial charge in [-0.2, -0.15) is 4.98 Å². The normalized spacial score (nSPS) is 10.6. The molecule has 0 radical (unpaired) electrons. The SMILES string of the molecule is O=C(O)OCn1c(=O)nc(Nc2ccc(Oc3ccc(F)cn3)cc2)n(Cc2ccc(Cl)cc2)c1=O. The number of anilines is 2. The van der Waals surface area contributed by atoms with E-state index in [-0.39, 0.29) is 18.4 Å². The Labute approximate surface area is 207 Å². The van der Waals surface area contributed by atoms with Crippen LogP contribution in [0.15, 0.2) is 76.4 Å². The van der Waals surface area contributed by atoms with Crippen molar-refractivity contribution in [1.82, 2.24) is 19.1 Å². The number of nitrogens with one attached hydrogen (secondary N) is 1. The zero-order chi connectivity index (χ0) is 25.7. The zero-order valence-electron chi connectivity index (χ0n) is 18.3. The van der Waals surface area contributed by atoms with E-state index in [4.69, 9.17) is 21.4 Å². The van der Waals surface area contributed by atoms with Crippen LogP contribution < -0.4 is 21.4 Å². The maximum atomic E-state index is 13.1. The van der Waals surface area contributed by atoms with Crippen LogP contribution in [0.3, 0.4) is 0 Å². The fraction of sp³-hybridized carbons (Fsp3) is 0.0870. The molecule has 0 amide bonds. The molecule has 0 bridgehead atoms. The third-order valence-corrected chi connectivity index (χ3v) is 5.01. The van der Waals surface area contributed by atoms with E-state index in [0.717, 1.165) is 10.8 Å². The molecule has 0 aliphatic rings. The summed E-state index contributed by atoms with van der Waals surface area (Å²) in [4.78, 5) is 44.0. The molecule has 36 heavy (non-hydrogen) atoms. The van der Waals surface area contributed by atoms with Gasteiger partial charge in [-0.3, -0.25) is 4.57 Å². The monoisotopic (exact) mass is 513 g/mol. The minimum absolute atomic E-state index is 0.00385. The van der Waals surface area contributed by atoms with Crippen LogP contribution >= 0.6 is 11.6 Å². The van der Waals surface area contributed by atoms with Crippen molar-refractivity contribution >= 4 is 29.4 Å². The molecule has 4 aromatic rings. The lowest BCUT2D eigenvalue weighted by Crippen LogP contribution is -2.43. The molecule has 184 valence electrons. The van der Waals surface area contributed by atoms with Crippen LogP contribution in [0.5, 0.6) is 11.6 Å². The van der Waals surface area contributed by atoms with Crippen molar-refractivity contribution < 1.29 is 23.8 Å². The summed E-state index contributed by atoms with van der Waals surface area (Å²) >= 11 is 5.93. The van der Waals surface area contributed by atoms with E-state index in [0.29, 0.717) is 26.6 Å². The Morgan fingerprint density at radius 1 is 1.03 bits per heavy atom. The van der Waals surface area contributed by atoms with Gasteiger partial charge < -0.3 is 19.9 Å². The Hall–Kier alpha value is -4.71. The lowest BCUT2D eigenvalue weighted by atomic mass is 10.2. The summed E-state index contributed by atoms with van der Waals surface area (Å²) in [6.07, 6.45) is -0.619. The number of hydrogen-bond donors (Lipinski definition) is 2. The van der Waals surface area contributed by atoms with Gasteiger partial charge in [0.2, 0.25) is 11.8 Å². The topological polar surface area (TPSA) is 138 Å². The molecular weight excluding hydrogens is 497 g/mol. The number of aromatic nitrogens is 4. The zero-order valence-corrected chi connectivity index (χ0v) is 19.1. The lowest BCUT2D eigenvalue weighted by molar-refractivity contribution is 0.0610. The first-order valence-electron chi connectivity index (χ1n) is 10.3. The number of benzene rings is 2. The highest BCUT2D eigenvalue weighted by atomic mass is 35.5. The molecule has 0 spiro atoms. The Kier molecular flexibility index (Phi) is 7.25. The third kappa shape index (κ3) is 6.04. The fourth-order valence-electron chi connectivity index (χ4n) is 3.05. The molecule has 11 nitrogen and oxygen atoms in total. The molecule has 0 aliphatic carbocycles. The van der Waals surface area contributed by atoms with Gasteiger partial charge in [-0.05, 0) is 48.0 Å². The second kappa shape index (κ2) is 10.7. The van der Waals surface area contributed by atoms with E-state index in [2.05, 4.69) is 20.0 Å². The smallest absolute Gasteiger partial charge is 0.450 e. The van der Waals surface area contributed by atoms with Crippen LogP contribution in [0.2, 0.25) is 5.02 Å². The summed E-state index contributed by atoms with van der Waals surface area (Å²) in [5, 5.41) is 12.2. The molecule has 0 saturated carbocycles. The standard InChI is InChI=1S/C23H17ClFN5O6/c24-15-3-1-14(2-4-15)12-29-20(28-21(31)30(22(29)32)13-35-23(33)34)27-17-6-8-18(9-7-17)36-19-10-5-16(25)11-26-19/h1-11H,12-13H2,(H,33,34)(H,27,28,31). The van der Waals surface area contributed by atoms with Crippen LogP contribution in [0.25, 0.3) is 0 Å². The van der Waals surface area contributed by atoms with Crippen LogP contribution in [-0.2, 0) is 18.0 Å². The lowest BCUT2D eigenvalue weighted by Gasteiger charge is -2.15. The van der Waals surface area contributed by atoms with Gasteiger partial charge in [-0.1, -0.05) is 23.7 Å². The Morgan fingerprint density at radius 3 is 2.39 bits per heavy atom. The molecule has 2 aromatic heterocycles. The molecule has 2 heterocycles. The van der Waals surface area contributed by atoms with Gasteiger partial charge >= 0.3 is 17.5 Å². The molecule has 13 heteroatoms. The number of halogens is 2. The van der Waals surface area contributed by atoms with Gasteiger partial charge in [0.25, 0.3) is 0 Å². The van der Waals surface area contributed by atoms with Crippen LogP contribution in [-0.4, -0.2) is 30.4 Å². The minimum Gasteiger partial charge on any atom is -0.450 e. The first-order chi connectivity index (χ1) is 17.3. The highest BCUT2D eigenvalue weighted by molar-refractivity contribution is 6.30. The second-order valence-electron chi connectivity index (χ2n) is 7.25.